The van der Waals surface area contributed by atoms with Crippen molar-refractivity contribution in [1.29, 1.82) is 0 Å². The molecule has 2 aromatic rings. The summed E-state index contributed by atoms with van der Waals surface area (Å²) in [5, 5.41) is 16.8. The number of aryl methyl sites for hydroxylation is 1. The average molecular weight is 358 g/mol. The Balaban J connectivity index is 2.33. The zero-order valence-electron chi connectivity index (χ0n) is 9.04. The maximum absolute atomic E-state index is 9.86. The van der Waals surface area contributed by atoms with Crippen molar-refractivity contribution in [3.05, 3.63) is 44.1 Å². The summed E-state index contributed by atoms with van der Waals surface area (Å²) in [5.74, 6) is 0.219. The Hall–Kier alpha value is -1.07. The Kier molecular flexibility index (Phi) is 3.69. The molecule has 0 spiro atoms. The van der Waals surface area contributed by atoms with Crippen LogP contribution < -0.4 is 0 Å². The lowest BCUT2D eigenvalue weighted by molar-refractivity contribution is 0.470. The number of phenols is 1. The molecule has 0 unspecified atom stereocenters. The van der Waals surface area contributed by atoms with Crippen LogP contribution >= 0.6 is 31.9 Å². The van der Waals surface area contributed by atoms with Crippen LogP contribution in [0.1, 0.15) is 17.0 Å². The van der Waals surface area contributed by atoms with Crippen LogP contribution in [-0.4, -0.2) is 15.3 Å². The van der Waals surface area contributed by atoms with E-state index >= 15 is 0 Å². The van der Waals surface area contributed by atoms with Crippen molar-refractivity contribution in [3.63, 3.8) is 0 Å². The highest BCUT2D eigenvalue weighted by Crippen LogP contribution is 2.32. The number of H-pyrrole nitrogens is 1. The first-order chi connectivity index (χ1) is 8.06. The first-order valence-corrected chi connectivity index (χ1v) is 6.53. The number of nitrogens with one attached hydrogen (secondary N) is 1. The molecule has 0 aliphatic heterocycles. The second-order valence-electron chi connectivity index (χ2n) is 3.63. The van der Waals surface area contributed by atoms with Gasteiger partial charge >= 0.3 is 0 Å². The summed E-state index contributed by atoms with van der Waals surface area (Å²) in [4.78, 5) is 0. The molecule has 0 saturated carbocycles. The monoisotopic (exact) mass is 356 g/mol. The van der Waals surface area contributed by atoms with E-state index in [-0.39, 0.29) is 5.75 Å². The highest BCUT2D eigenvalue weighted by Gasteiger charge is 2.04. The van der Waals surface area contributed by atoms with Gasteiger partial charge in [0, 0.05) is 15.7 Å². The van der Waals surface area contributed by atoms with Gasteiger partial charge in [-0.1, -0.05) is 15.9 Å². The number of hydrogen-bond acceptors (Lipinski definition) is 2. The van der Waals surface area contributed by atoms with Gasteiger partial charge in [-0.2, -0.15) is 5.10 Å². The Bertz CT molecular complexity index is 576. The predicted molar refractivity (Wildman–Crippen MR) is 75.8 cm³/mol. The first-order valence-electron chi connectivity index (χ1n) is 4.94. The summed E-state index contributed by atoms with van der Waals surface area (Å²) < 4.78 is 1.56. The van der Waals surface area contributed by atoms with Crippen LogP contribution in [0.3, 0.4) is 0 Å². The number of benzene rings is 1. The summed E-state index contributed by atoms with van der Waals surface area (Å²) in [6, 6.07) is 5.57. The molecule has 2 N–H and O–H groups in total. The molecule has 0 aliphatic carbocycles. The molecule has 88 valence electrons. The van der Waals surface area contributed by atoms with Gasteiger partial charge in [0.25, 0.3) is 0 Å². The molecule has 3 nitrogen and oxygen atoms in total. The molecule has 1 aromatic heterocycles. The Morgan fingerprint density at radius 3 is 2.65 bits per heavy atom. The van der Waals surface area contributed by atoms with E-state index in [0.29, 0.717) is 4.47 Å². The van der Waals surface area contributed by atoms with Crippen molar-refractivity contribution in [3.8, 4) is 5.75 Å². The van der Waals surface area contributed by atoms with E-state index in [4.69, 9.17) is 0 Å². The second kappa shape index (κ2) is 5.06. The molecule has 0 fully saturated rings. The topological polar surface area (TPSA) is 48.9 Å². The van der Waals surface area contributed by atoms with E-state index < -0.39 is 0 Å². The van der Waals surface area contributed by atoms with E-state index in [1.54, 1.807) is 6.07 Å². The normalized spacial score (nSPS) is 11.2. The number of rotatable bonds is 2. The molecule has 1 aromatic carbocycles. The molecule has 2 rings (SSSR count). The highest BCUT2D eigenvalue weighted by atomic mass is 79.9. The number of aromatic nitrogens is 2. The molecule has 5 heteroatoms. The Morgan fingerprint density at radius 1 is 1.24 bits per heavy atom. The van der Waals surface area contributed by atoms with Crippen LogP contribution in [0, 0.1) is 6.92 Å². The predicted octanol–water partition coefficient (Wildman–Crippen LogP) is 4.12. The SMILES string of the molecule is Cc1cc(C=Cc2cc(Br)cc(Br)c2O)n[nH]1. The first kappa shape index (κ1) is 12.4. The summed E-state index contributed by atoms with van der Waals surface area (Å²) in [5.41, 5.74) is 2.56. The smallest absolute Gasteiger partial charge is 0.137 e. The van der Waals surface area contributed by atoms with Crippen LogP contribution in [0.25, 0.3) is 12.2 Å². The summed E-state index contributed by atoms with van der Waals surface area (Å²) in [6.45, 7) is 1.94. The molecule has 0 amide bonds. The number of nitrogens with zero attached hydrogens (tertiary/aromatic N) is 1. The van der Waals surface area contributed by atoms with Crippen molar-refractivity contribution in [2.75, 3.05) is 0 Å². The van der Waals surface area contributed by atoms with E-state index in [9.17, 15) is 5.11 Å². The van der Waals surface area contributed by atoms with Gasteiger partial charge in [0.15, 0.2) is 0 Å². The van der Waals surface area contributed by atoms with Gasteiger partial charge in [-0.05, 0) is 53.2 Å². The molecule has 17 heavy (non-hydrogen) atoms. The molecular weight excluding hydrogens is 348 g/mol. The average Bonchev–Trinajstić information content (AvgIpc) is 2.67. The summed E-state index contributed by atoms with van der Waals surface area (Å²) >= 11 is 6.67. The van der Waals surface area contributed by atoms with Gasteiger partial charge in [-0.15, -0.1) is 0 Å². The number of aromatic hydroxyl groups is 1. The van der Waals surface area contributed by atoms with E-state index in [2.05, 4.69) is 42.1 Å². The van der Waals surface area contributed by atoms with Crippen LogP contribution in [0.4, 0.5) is 0 Å². The fraction of sp³-hybridized carbons (Fsp3) is 0.0833. The summed E-state index contributed by atoms with van der Waals surface area (Å²) in [7, 11) is 0. The van der Waals surface area contributed by atoms with E-state index in [0.717, 1.165) is 21.4 Å². The van der Waals surface area contributed by atoms with Crippen molar-refractivity contribution in [1.82, 2.24) is 10.2 Å². The quantitative estimate of drug-likeness (QED) is 0.849. The minimum Gasteiger partial charge on any atom is -0.506 e. The van der Waals surface area contributed by atoms with Crippen molar-refractivity contribution < 1.29 is 5.11 Å². The highest BCUT2D eigenvalue weighted by molar-refractivity contribution is 9.11. The van der Waals surface area contributed by atoms with E-state index in [1.165, 1.54) is 0 Å². The summed E-state index contributed by atoms with van der Waals surface area (Å²) in [6.07, 6.45) is 3.66. The lowest BCUT2D eigenvalue weighted by Gasteiger charge is -2.02. The fourth-order valence-corrected chi connectivity index (χ4v) is 2.67. The lowest BCUT2D eigenvalue weighted by Crippen LogP contribution is -1.78. The Labute approximate surface area is 116 Å². The van der Waals surface area contributed by atoms with Crippen LogP contribution in [0.5, 0.6) is 5.75 Å². The number of phenolic OH excluding ortho intramolecular Hbond substituents is 1. The van der Waals surface area contributed by atoms with Crippen molar-refractivity contribution in [2.24, 2.45) is 0 Å². The number of halogens is 2. The maximum Gasteiger partial charge on any atom is 0.137 e. The maximum atomic E-state index is 9.86. The Morgan fingerprint density at radius 2 is 2.00 bits per heavy atom. The minimum atomic E-state index is 0.219. The molecule has 0 bridgehead atoms. The number of aromatic amines is 1. The van der Waals surface area contributed by atoms with Crippen LogP contribution in [0.15, 0.2) is 27.1 Å². The third kappa shape index (κ3) is 2.98. The largest absolute Gasteiger partial charge is 0.506 e. The standard InChI is InChI=1S/C12H10Br2N2O/c1-7-4-10(16-15-7)3-2-8-5-9(13)6-11(14)12(8)17/h2-6,17H,1H3,(H,15,16). The van der Waals surface area contributed by atoms with Gasteiger partial charge in [-0.3, -0.25) is 5.10 Å². The van der Waals surface area contributed by atoms with Gasteiger partial charge in [0.05, 0.1) is 10.2 Å². The molecule has 0 radical (unpaired) electrons. The molecule has 0 saturated heterocycles. The van der Waals surface area contributed by atoms with Crippen molar-refractivity contribution >= 4 is 44.0 Å². The van der Waals surface area contributed by atoms with Gasteiger partial charge in [0.1, 0.15) is 5.75 Å². The van der Waals surface area contributed by atoms with E-state index in [1.807, 2.05) is 31.2 Å². The van der Waals surface area contributed by atoms with Crippen LogP contribution in [-0.2, 0) is 0 Å². The minimum absolute atomic E-state index is 0.219. The third-order valence-electron chi connectivity index (χ3n) is 2.22. The van der Waals surface area contributed by atoms with Crippen LogP contribution in [0.2, 0.25) is 0 Å². The fourth-order valence-electron chi connectivity index (χ4n) is 1.41. The van der Waals surface area contributed by atoms with Gasteiger partial charge < -0.3 is 5.11 Å². The molecule has 0 aliphatic rings. The lowest BCUT2D eigenvalue weighted by atomic mass is 10.2. The van der Waals surface area contributed by atoms with Gasteiger partial charge in [0.2, 0.25) is 0 Å². The van der Waals surface area contributed by atoms with Crippen molar-refractivity contribution in [2.45, 2.75) is 6.92 Å². The molecule has 0 atom stereocenters. The third-order valence-corrected chi connectivity index (χ3v) is 3.28. The molecule has 1 heterocycles. The second-order valence-corrected chi connectivity index (χ2v) is 5.40. The van der Waals surface area contributed by atoms with Gasteiger partial charge in [-0.25, -0.2) is 0 Å². The zero-order chi connectivity index (χ0) is 12.4. The number of hydrogen-bond donors (Lipinski definition) is 2. The zero-order valence-corrected chi connectivity index (χ0v) is 12.2. The molecular formula is C12H10Br2N2O.